The Morgan fingerprint density at radius 2 is 2.00 bits per heavy atom. The molecule has 1 aromatic heterocycles. The van der Waals surface area contributed by atoms with E-state index in [0.29, 0.717) is 31.7 Å². The molecule has 1 saturated heterocycles. The number of hydrogen-bond donors (Lipinski definition) is 1. The van der Waals surface area contributed by atoms with Crippen molar-refractivity contribution >= 4 is 29.3 Å². The Hall–Kier alpha value is -2.03. The Kier molecular flexibility index (Phi) is 5.53. The fourth-order valence-corrected chi connectivity index (χ4v) is 2.76. The minimum atomic E-state index is -4.48. The van der Waals surface area contributed by atoms with Gasteiger partial charge in [0.2, 0.25) is 0 Å². The molecule has 0 atom stereocenters. The van der Waals surface area contributed by atoms with Crippen LogP contribution in [0.4, 0.5) is 19.0 Å². The summed E-state index contributed by atoms with van der Waals surface area (Å²) in [5.41, 5.74) is 4.04. The quantitative estimate of drug-likeness (QED) is 0.816. The van der Waals surface area contributed by atoms with Gasteiger partial charge in [-0.3, -0.25) is 14.5 Å². The highest BCUT2D eigenvalue weighted by atomic mass is 35.5. The maximum Gasteiger partial charge on any atom is 0.419 e. The van der Waals surface area contributed by atoms with Gasteiger partial charge in [-0.1, -0.05) is 11.6 Å². The fraction of sp³-hybridized carbons (Fsp3) is 0.500. The number of carbonyl (C=O) groups excluding carboxylic acids is 2. The Morgan fingerprint density at radius 1 is 1.38 bits per heavy atom. The molecular weight excluding hydrogens is 351 g/mol. The van der Waals surface area contributed by atoms with Crippen LogP contribution in [-0.4, -0.2) is 31.6 Å². The van der Waals surface area contributed by atoms with Crippen molar-refractivity contribution in [3.05, 3.63) is 22.8 Å². The number of alkyl halides is 3. The van der Waals surface area contributed by atoms with E-state index in [1.54, 1.807) is 4.90 Å². The van der Waals surface area contributed by atoms with Crippen LogP contribution in [0.15, 0.2) is 12.3 Å². The molecule has 2 rings (SSSR count). The minimum absolute atomic E-state index is 0.0421. The molecule has 0 bridgehead atoms. The number of esters is 1. The third-order valence-corrected chi connectivity index (χ3v) is 3.99. The number of hydrogen-bond acceptors (Lipinski definition) is 4. The lowest BCUT2D eigenvalue weighted by atomic mass is 9.97. The summed E-state index contributed by atoms with van der Waals surface area (Å²) in [5, 5.41) is -0.0421. The number of aromatic nitrogens is 1. The Labute approximate surface area is 140 Å². The van der Waals surface area contributed by atoms with Crippen molar-refractivity contribution in [3.8, 4) is 0 Å². The van der Waals surface area contributed by atoms with E-state index in [4.69, 9.17) is 22.1 Å². The minimum Gasteiger partial charge on any atom is -0.455 e. The van der Waals surface area contributed by atoms with Crippen molar-refractivity contribution in [1.29, 1.82) is 0 Å². The zero-order chi connectivity index (χ0) is 17.9. The molecule has 6 nitrogen and oxygen atoms in total. The first-order valence-electron chi connectivity index (χ1n) is 7.17. The van der Waals surface area contributed by atoms with Crippen LogP contribution >= 0.6 is 11.6 Å². The number of H-pyrrole nitrogens is 1. The summed E-state index contributed by atoms with van der Waals surface area (Å²) in [6, 6.07) is 0.862. The highest BCUT2D eigenvalue weighted by Gasteiger charge is 2.35. The molecule has 1 amide bonds. The molecular formula is C14H16ClF3N3O3+. The lowest BCUT2D eigenvalue weighted by molar-refractivity contribution is -0.367. The van der Waals surface area contributed by atoms with Crippen molar-refractivity contribution in [2.24, 2.45) is 11.7 Å². The number of halogens is 4. The van der Waals surface area contributed by atoms with Gasteiger partial charge in [0.25, 0.3) is 11.7 Å². The first-order chi connectivity index (χ1) is 11.2. The predicted molar refractivity (Wildman–Crippen MR) is 78.1 cm³/mol. The highest BCUT2D eigenvalue weighted by Crippen LogP contribution is 2.33. The van der Waals surface area contributed by atoms with Gasteiger partial charge >= 0.3 is 12.1 Å². The number of primary amides is 1. The monoisotopic (exact) mass is 366 g/mol. The van der Waals surface area contributed by atoms with Crippen LogP contribution in [0.2, 0.25) is 5.02 Å². The van der Waals surface area contributed by atoms with Crippen LogP contribution in [-0.2, 0) is 20.5 Å². The second kappa shape index (κ2) is 7.25. The summed E-state index contributed by atoms with van der Waals surface area (Å²) < 4.78 is 42.7. The summed E-state index contributed by atoms with van der Waals surface area (Å²) >= 11 is 5.94. The molecule has 0 aromatic carbocycles. The predicted octanol–water partition coefficient (Wildman–Crippen LogP) is 1.42. The molecule has 0 unspecified atom stereocenters. The van der Waals surface area contributed by atoms with E-state index in [1.165, 1.54) is 0 Å². The second-order valence-electron chi connectivity index (χ2n) is 5.42. The summed E-state index contributed by atoms with van der Waals surface area (Å²) in [6.45, 7) is 0.368. The molecule has 2 heterocycles. The lowest BCUT2D eigenvalue weighted by Gasteiger charge is -2.26. The Morgan fingerprint density at radius 3 is 2.50 bits per heavy atom. The Balaban J connectivity index is 1.97. The van der Waals surface area contributed by atoms with Crippen molar-refractivity contribution in [1.82, 2.24) is 0 Å². The second-order valence-corrected chi connectivity index (χ2v) is 5.83. The molecule has 0 saturated carbocycles. The summed E-state index contributed by atoms with van der Waals surface area (Å²) in [4.78, 5) is 26.7. The standard InChI is InChI=1S/C14H15ClF3N3O3/c15-10-5-9(14(16,17)18)6-20-12(10)21-3-1-8(2-4-21)13(23)24-7-11(19)22/h5-6,8H,1-4,7H2,(H2,19,22)/p+1. The maximum absolute atomic E-state index is 12.6. The fourth-order valence-electron chi connectivity index (χ4n) is 2.47. The number of aromatic amines is 1. The number of ether oxygens (including phenoxy) is 1. The number of nitrogens with two attached hydrogens (primary N) is 1. The lowest BCUT2D eigenvalue weighted by Crippen LogP contribution is -2.40. The van der Waals surface area contributed by atoms with Crippen LogP contribution in [0.1, 0.15) is 18.4 Å². The smallest absolute Gasteiger partial charge is 0.419 e. The van der Waals surface area contributed by atoms with Gasteiger partial charge in [-0.2, -0.15) is 13.2 Å². The van der Waals surface area contributed by atoms with Crippen molar-refractivity contribution < 1.29 is 32.5 Å². The average Bonchev–Trinajstić information content (AvgIpc) is 2.52. The number of rotatable bonds is 4. The van der Waals surface area contributed by atoms with E-state index in [-0.39, 0.29) is 10.9 Å². The molecule has 3 N–H and O–H groups in total. The largest absolute Gasteiger partial charge is 0.455 e. The van der Waals surface area contributed by atoms with E-state index in [1.807, 2.05) is 0 Å². The first-order valence-corrected chi connectivity index (χ1v) is 7.54. The number of nitrogens with zero attached hydrogens (tertiary/aromatic N) is 1. The first kappa shape index (κ1) is 18.3. The number of carbonyl (C=O) groups is 2. The third-order valence-electron chi connectivity index (χ3n) is 3.70. The summed E-state index contributed by atoms with van der Waals surface area (Å²) in [6.07, 6.45) is -2.75. The zero-order valence-corrected chi connectivity index (χ0v) is 13.3. The highest BCUT2D eigenvalue weighted by molar-refractivity contribution is 6.32. The van der Waals surface area contributed by atoms with E-state index in [0.717, 1.165) is 12.3 Å². The van der Waals surface area contributed by atoms with Crippen LogP contribution in [0.3, 0.4) is 0 Å². The van der Waals surface area contributed by atoms with E-state index >= 15 is 0 Å². The van der Waals surface area contributed by atoms with Gasteiger partial charge in [0.1, 0.15) is 11.2 Å². The van der Waals surface area contributed by atoms with Crippen molar-refractivity contribution in [2.45, 2.75) is 19.0 Å². The molecule has 24 heavy (non-hydrogen) atoms. The summed E-state index contributed by atoms with van der Waals surface area (Å²) in [5.74, 6) is -1.25. The van der Waals surface area contributed by atoms with E-state index < -0.39 is 30.2 Å². The third kappa shape index (κ3) is 4.50. The van der Waals surface area contributed by atoms with Crippen LogP contribution in [0.5, 0.6) is 0 Å². The molecule has 1 aliphatic heterocycles. The summed E-state index contributed by atoms with van der Waals surface area (Å²) in [7, 11) is 0. The van der Waals surface area contributed by atoms with E-state index in [2.05, 4.69) is 4.98 Å². The molecule has 1 aliphatic rings. The Bertz CT molecular complexity index is 631. The van der Waals surface area contributed by atoms with Gasteiger partial charge in [0.15, 0.2) is 6.61 Å². The topological polar surface area (TPSA) is 86.8 Å². The maximum atomic E-state index is 12.6. The normalized spacial score (nSPS) is 16.1. The number of amides is 1. The van der Waals surface area contributed by atoms with Gasteiger partial charge in [0.05, 0.1) is 24.6 Å². The van der Waals surface area contributed by atoms with Gasteiger partial charge in [-0.25, -0.2) is 4.98 Å². The molecule has 0 radical (unpaired) electrons. The number of pyridine rings is 1. The molecule has 0 aliphatic carbocycles. The van der Waals surface area contributed by atoms with Gasteiger partial charge in [-0.05, 0) is 18.9 Å². The van der Waals surface area contributed by atoms with Crippen LogP contribution in [0.25, 0.3) is 0 Å². The molecule has 0 spiro atoms. The van der Waals surface area contributed by atoms with Gasteiger partial charge in [-0.15, -0.1) is 0 Å². The number of piperidine rings is 1. The van der Waals surface area contributed by atoms with Crippen LogP contribution < -0.4 is 15.6 Å². The zero-order valence-electron chi connectivity index (χ0n) is 12.5. The van der Waals surface area contributed by atoms with Crippen LogP contribution in [0, 0.1) is 5.92 Å². The van der Waals surface area contributed by atoms with Crippen molar-refractivity contribution in [2.75, 3.05) is 24.6 Å². The van der Waals surface area contributed by atoms with Gasteiger partial charge in [0, 0.05) is 0 Å². The number of anilines is 1. The van der Waals surface area contributed by atoms with E-state index in [9.17, 15) is 22.8 Å². The molecule has 132 valence electrons. The number of nitrogens with one attached hydrogen (secondary N) is 1. The molecule has 1 aromatic rings. The SMILES string of the molecule is NC(=O)COC(=O)C1CCN(c2[nH+]cc(C(F)(F)F)cc2Cl)CC1. The van der Waals surface area contributed by atoms with Gasteiger partial charge < -0.3 is 10.5 Å². The molecule has 10 heteroatoms. The average molecular weight is 367 g/mol. The molecule has 1 fully saturated rings. The van der Waals surface area contributed by atoms with Crippen molar-refractivity contribution in [3.63, 3.8) is 0 Å².